The van der Waals surface area contributed by atoms with E-state index in [1.165, 1.54) is 12.1 Å². The van der Waals surface area contributed by atoms with Crippen molar-refractivity contribution < 1.29 is 33.3 Å². The van der Waals surface area contributed by atoms with Crippen molar-refractivity contribution in [3.8, 4) is 0 Å². The molecule has 4 rings (SSSR count). The zero-order valence-corrected chi connectivity index (χ0v) is 26.2. The Balaban J connectivity index is 1.56. The highest BCUT2D eigenvalue weighted by molar-refractivity contribution is 5.71. The monoisotopic (exact) mass is 601 g/mol. The van der Waals surface area contributed by atoms with Gasteiger partial charge in [-0.15, -0.1) is 0 Å². The molecule has 6 atom stereocenters. The summed E-state index contributed by atoms with van der Waals surface area (Å²) in [5.74, 6) is -1.17. The molecule has 0 aliphatic carbocycles. The Bertz CT molecular complexity index is 1170. The molecular weight excluding hydrogens is 553 g/mol. The van der Waals surface area contributed by atoms with Gasteiger partial charge in [0.25, 0.3) is 0 Å². The lowest BCUT2D eigenvalue weighted by molar-refractivity contribution is -0.151. The molecule has 3 aliphatic rings. The number of nitrogens with zero attached hydrogens (tertiary/aromatic N) is 3. The minimum atomic E-state index is -0.866. The van der Waals surface area contributed by atoms with E-state index < -0.39 is 24.3 Å². The van der Waals surface area contributed by atoms with Crippen LogP contribution in [0.4, 0.5) is 14.9 Å². The minimum absolute atomic E-state index is 0.0590. The van der Waals surface area contributed by atoms with Crippen LogP contribution in [0.15, 0.2) is 35.9 Å². The van der Waals surface area contributed by atoms with Gasteiger partial charge in [0, 0.05) is 50.9 Å². The van der Waals surface area contributed by atoms with E-state index in [9.17, 15) is 19.1 Å². The molecule has 1 aromatic carbocycles. The molecule has 2 fully saturated rings. The molecule has 9 nitrogen and oxygen atoms in total. The minimum Gasteiger partial charge on any atom is -0.457 e. The highest BCUT2D eigenvalue weighted by atomic mass is 19.1. The van der Waals surface area contributed by atoms with E-state index in [-0.39, 0.29) is 36.3 Å². The standard InChI is InChI=1S/C33H48FN3O6/c1-22-6-8-29(38)20-31(39)43-32(23(2)7-9-30(22)42-33(40)36-12-10-35(5)11-13-36)24(3)16-26-17-27(34)19-28(18-26)37-14-15-41-25(4)21-37/h7,9,16-19,22-23,25,29-30,32,38H,6,8,10-15,20-21H2,1-5H3/b9-7-,24-16+/t22-,23+,25?,29+,30+,32+/m1/s1. The average molecular weight is 602 g/mol. The second-order valence-corrected chi connectivity index (χ2v) is 12.5. The number of aliphatic hydroxyl groups excluding tert-OH is 1. The van der Waals surface area contributed by atoms with Crippen molar-refractivity contribution in [3.05, 3.63) is 47.3 Å². The normalized spacial score (nSPS) is 31.0. The Morgan fingerprint density at radius 2 is 1.81 bits per heavy atom. The van der Waals surface area contributed by atoms with Gasteiger partial charge in [-0.05, 0) is 75.1 Å². The Labute approximate surface area is 255 Å². The number of benzene rings is 1. The van der Waals surface area contributed by atoms with Gasteiger partial charge in [-0.2, -0.15) is 0 Å². The number of carbonyl (C=O) groups is 2. The van der Waals surface area contributed by atoms with E-state index in [2.05, 4.69) is 9.80 Å². The number of halogens is 1. The van der Waals surface area contributed by atoms with E-state index >= 15 is 0 Å². The zero-order chi connectivity index (χ0) is 31.1. The highest BCUT2D eigenvalue weighted by Crippen LogP contribution is 2.28. The van der Waals surface area contributed by atoms with Crippen LogP contribution in [0.5, 0.6) is 0 Å². The van der Waals surface area contributed by atoms with Crippen LogP contribution in [0.25, 0.3) is 6.08 Å². The number of amides is 1. The molecule has 3 aliphatic heterocycles. The van der Waals surface area contributed by atoms with Crippen molar-refractivity contribution in [1.82, 2.24) is 9.80 Å². The number of piperazine rings is 1. The molecule has 1 N–H and O–H groups in total. The fraction of sp³-hybridized carbons (Fsp3) is 0.636. The lowest BCUT2D eigenvalue weighted by Gasteiger charge is -2.33. The summed E-state index contributed by atoms with van der Waals surface area (Å²) in [5, 5.41) is 10.6. The molecule has 3 heterocycles. The third kappa shape index (κ3) is 9.52. The molecule has 43 heavy (non-hydrogen) atoms. The van der Waals surface area contributed by atoms with Gasteiger partial charge < -0.3 is 34.0 Å². The molecule has 0 radical (unpaired) electrons. The maximum atomic E-state index is 14.7. The number of ether oxygens (including phenoxy) is 3. The quantitative estimate of drug-likeness (QED) is 0.399. The van der Waals surface area contributed by atoms with E-state index in [0.29, 0.717) is 51.2 Å². The molecule has 1 amide bonds. The molecular formula is C33H48FN3O6. The molecule has 0 saturated carbocycles. The van der Waals surface area contributed by atoms with Gasteiger partial charge in [-0.3, -0.25) is 4.79 Å². The van der Waals surface area contributed by atoms with Crippen LogP contribution in [0, 0.1) is 17.7 Å². The molecule has 10 heteroatoms. The summed E-state index contributed by atoms with van der Waals surface area (Å²) in [7, 11) is 2.03. The lowest BCUT2D eigenvalue weighted by atomic mass is 9.91. The van der Waals surface area contributed by atoms with Crippen molar-refractivity contribution >= 4 is 23.8 Å². The maximum Gasteiger partial charge on any atom is 0.410 e. The molecule has 1 unspecified atom stereocenters. The fourth-order valence-corrected chi connectivity index (χ4v) is 5.89. The second-order valence-electron chi connectivity index (χ2n) is 12.5. The first-order chi connectivity index (χ1) is 20.5. The molecule has 0 bridgehead atoms. The smallest absolute Gasteiger partial charge is 0.410 e. The van der Waals surface area contributed by atoms with Crippen LogP contribution < -0.4 is 4.90 Å². The molecule has 0 spiro atoms. The van der Waals surface area contributed by atoms with Gasteiger partial charge in [-0.1, -0.05) is 26.0 Å². The Hall–Kier alpha value is -2.95. The van der Waals surface area contributed by atoms with E-state index in [1.54, 1.807) is 4.90 Å². The first kappa shape index (κ1) is 33.0. The van der Waals surface area contributed by atoms with E-state index in [4.69, 9.17) is 14.2 Å². The first-order valence-corrected chi connectivity index (χ1v) is 15.5. The number of esters is 1. The number of hydrogen-bond donors (Lipinski definition) is 1. The van der Waals surface area contributed by atoms with Crippen molar-refractivity contribution in [3.63, 3.8) is 0 Å². The van der Waals surface area contributed by atoms with Gasteiger partial charge in [-0.25, -0.2) is 9.18 Å². The van der Waals surface area contributed by atoms with E-state index in [1.807, 2.05) is 59.0 Å². The number of aliphatic hydroxyl groups is 1. The summed E-state index contributed by atoms with van der Waals surface area (Å²) in [6.07, 6.45) is 4.19. The van der Waals surface area contributed by atoms with Gasteiger partial charge in [0.05, 0.1) is 25.2 Å². The van der Waals surface area contributed by atoms with Crippen LogP contribution in [0.1, 0.15) is 52.5 Å². The van der Waals surface area contributed by atoms with Crippen LogP contribution in [-0.2, 0) is 19.0 Å². The molecule has 1 aromatic rings. The van der Waals surface area contributed by atoms with Gasteiger partial charge in [0.2, 0.25) is 0 Å². The first-order valence-electron chi connectivity index (χ1n) is 15.5. The third-order valence-electron chi connectivity index (χ3n) is 8.61. The number of likely N-dealkylation sites (N-methyl/N-ethyl adjacent to an activating group) is 1. The molecule has 238 valence electrons. The zero-order valence-electron chi connectivity index (χ0n) is 26.2. The van der Waals surface area contributed by atoms with E-state index in [0.717, 1.165) is 24.4 Å². The number of anilines is 1. The number of hydrogen-bond acceptors (Lipinski definition) is 8. The van der Waals surface area contributed by atoms with Gasteiger partial charge >= 0.3 is 12.1 Å². The number of rotatable bonds is 4. The Kier molecular flexibility index (Phi) is 11.6. The highest BCUT2D eigenvalue weighted by Gasteiger charge is 2.29. The van der Waals surface area contributed by atoms with Gasteiger partial charge in [0.15, 0.2) is 0 Å². The van der Waals surface area contributed by atoms with Crippen LogP contribution in [0.2, 0.25) is 0 Å². The van der Waals surface area contributed by atoms with Crippen LogP contribution in [-0.4, -0.2) is 104 Å². The van der Waals surface area contributed by atoms with Crippen molar-refractivity contribution in [2.75, 3.05) is 57.8 Å². The summed E-state index contributed by atoms with van der Waals surface area (Å²) in [6, 6.07) is 4.92. The second kappa shape index (κ2) is 15.2. The predicted octanol–water partition coefficient (Wildman–Crippen LogP) is 4.49. The molecule has 0 aromatic heterocycles. The number of morpholine rings is 1. The van der Waals surface area contributed by atoms with Gasteiger partial charge in [0.1, 0.15) is 18.0 Å². The summed E-state index contributed by atoms with van der Waals surface area (Å²) in [5.41, 5.74) is 2.18. The summed E-state index contributed by atoms with van der Waals surface area (Å²) >= 11 is 0. The predicted molar refractivity (Wildman–Crippen MR) is 164 cm³/mol. The maximum absolute atomic E-state index is 14.7. The molecule has 2 saturated heterocycles. The van der Waals surface area contributed by atoms with Crippen molar-refractivity contribution in [2.45, 2.75) is 71.4 Å². The number of cyclic esters (lactones) is 1. The lowest BCUT2D eigenvalue weighted by Crippen LogP contribution is -2.48. The largest absolute Gasteiger partial charge is 0.457 e. The topological polar surface area (TPSA) is 91.8 Å². The SMILES string of the molecule is C/C(=C\c1cc(F)cc(N2CCOC(C)C2)c1)[C@H]1OC(=O)C[C@@H](O)CC[C@@H](C)[C@@H](OC(=O)N2CCN(C)CC2)/C=C\[C@@H]1C. The Morgan fingerprint density at radius 3 is 2.53 bits per heavy atom. The summed E-state index contributed by atoms with van der Waals surface area (Å²) in [4.78, 5) is 31.9. The van der Waals surface area contributed by atoms with Crippen LogP contribution >= 0.6 is 0 Å². The third-order valence-corrected chi connectivity index (χ3v) is 8.61. The summed E-state index contributed by atoms with van der Waals surface area (Å²) < 4.78 is 32.3. The Morgan fingerprint density at radius 1 is 1.07 bits per heavy atom. The fourth-order valence-electron chi connectivity index (χ4n) is 5.89. The van der Waals surface area contributed by atoms with Crippen molar-refractivity contribution in [2.24, 2.45) is 11.8 Å². The number of carbonyl (C=O) groups excluding carboxylic acids is 2. The summed E-state index contributed by atoms with van der Waals surface area (Å²) in [6.45, 7) is 12.5. The van der Waals surface area contributed by atoms with Crippen molar-refractivity contribution in [1.29, 1.82) is 0 Å². The van der Waals surface area contributed by atoms with Crippen LogP contribution in [0.3, 0.4) is 0 Å². The average Bonchev–Trinajstić information content (AvgIpc) is 2.96.